The molecule has 1 N–H and O–H groups in total. The number of anilines is 2. The fourth-order valence-corrected chi connectivity index (χ4v) is 3.68. The Morgan fingerprint density at radius 3 is 2.76 bits per heavy atom. The smallest absolute Gasteiger partial charge is 0.136 e. The zero-order valence-electron chi connectivity index (χ0n) is 12.9. The van der Waals surface area contributed by atoms with Crippen LogP contribution in [-0.2, 0) is 0 Å². The molecule has 0 spiro atoms. The van der Waals surface area contributed by atoms with Gasteiger partial charge in [-0.15, -0.1) is 0 Å². The summed E-state index contributed by atoms with van der Waals surface area (Å²) in [5.74, 6) is 3.75. The first-order valence-corrected chi connectivity index (χ1v) is 8.39. The maximum absolute atomic E-state index is 4.88. The van der Waals surface area contributed by atoms with Crippen molar-refractivity contribution in [3.8, 4) is 0 Å². The first kappa shape index (κ1) is 13.3. The monoisotopic (exact) mass is 287 g/mol. The number of rotatable bonds is 3. The lowest BCUT2D eigenvalue weighted by Crippen LogP contribution is -2.37. The molecule has 5 nitrogen and oxygen atoms in total. The van der Waals surface area contributed by atoms with Crippen molar-refractivity contribution in [3.05, 3.63) is 11.9 Å². The van der Waals surface area contributed by atoms with Gasteiger partial charge >= 0.3 is 0 Å². The van der Waals surface area contributed by atoms with Gasteiger partial charge in [0.1, 0.15) is 17.5 Å². The molecule has 2 aliphatic heterocycles. The Labute approximate surface area is 126 Å². The topological polar surface area (TPSA) is 44.3 Å². The summed E-state index contributed by atoms with van der Waals surface area (Å²) < 4.78 is 0. The van der Waals surface area contributed by atoms with Crippen molar-refractivity contribution in [2.24, 2.45) is 0 Å². The van der Waals surface area contributed by atoms with Crippen LogP contribution in [0.3, 0.4) is 0 Å². The molecule has 21 heavy (non-hydrogen) atoms. The SMILES string of the molecule is CNc1cc(N2CCCN3CCCC3C2)nc(C2CC2)n1. The van der Waals surface area contributed by atoms with E-state index < -0.39 is 0 Å². The molecule has 1 unspecified atom stereocenters. The second-order valence-corrected chi connectivity index (χ2v) is 6.63. The van der Waals surface area contributed by atoms with E-state index in [1.165, 1.54) is 45.2 Å². The first-order valence-electron chi connectivity index (χ1n) is 8.39. The van der Waals surface area contributed by atoms with Gasteiger partial charge in [0.05, 0.1) is 0 Å². The molecular weight excluding hydrogens is 262 g/mol. The predicted octanol–water partition coefficient (Wildman–Crippen LogP) is 2.07. The van der Waals surface area contributed by atoms with Crippen LogP contribution < -0.4 is 10.2 Å². The van der Waals surface area contributed by atoms with Gasteiger partial charge in [-0.05, 0) is 38.6 Å². The van der Waals surface area contributed by atoms with E-state index in [-0.39, 0.29) is 0 Å². The highest BCUT2D eigenvalue weighted by atomic mass is 15.3. The Morgan fingerprint density at radius 1 is 1.10 bits per heavy atom. The van der Waals surface area contributed by atoms with Gasteiger partial charge in [-0.1, -0.05) is 0 Å². The van der Waals surface area contributed by atoms with Gasteiger partial charge in [0.25, 0.3) is 0 Å². The van der Waals surface area contributed by atoms with Gasteiger partial charge in [0.15, 0.2) is 0 Å². The highest BCUT2D eigenvalue weighted by Crippen LogP contribution is 2.39. The molecule has 0 aromatic carbocycles. The highest BCUT2D eigenvalue weighted by Gasteiger charge is 2.31. The fourth-order valence-electron chi connectivity index (χ4n) is 3.68. The zero-order valence-corrected chi connectivity index (χ0v) is 12.9. The van der Waals surface area contributed by atoms with Crippen molar-refractivity contribution < 1.29 is 0 Å². The van der Waals surface area contributed by atoms with E-state index in [0.717, 1.165) is 36.6 Å². The van der Waals surface area contributed by atoms with Crippen LogP contribution in [0.2, 0.25) is 0 Å². The van der Waals surface area contributed by atoms with E-state index in [0.29, 0.717) is 5.92 Å². The molecule has 3 aliphatic rings. The van der Waals surface area contributed by atoms with Crippen molar-refractivity contribution >= 4 is 11.6 Å². The highest BCUT2D eigenvalue weighted by molar-refractivity contribution is 5.50. The van der Waals surface area contributed by atoms with Crippen LogP contribution >= 0.6 is 0 Å². The largest absolute Gasteiger partial charge is 0.373 e. The average Bonchev–Trinajstić information content (AvgIpc) is 3.31. The molecule has 114 valence electrons. The van der Waals surface area contributed by atoms with Crippen LogP contribution in [0, 0.1) is 0 Å². The number of hydrogen-bond acceptors (Lipinski definition) is 5. The lowest BCUT2D eigenvalue weighted by molar-refractivity contribution is 0.273. The molecule has 4 rings (SSSR count). The van der Waals surface area contributed by atoms with Crippen molar-refractivity contribution in [1.29, 1.82) is 0 Å². The molecule has 0 amide bonds. The summed E-state index contributed by atoms with van der Waals surface area (Å²) in [7, 11) is 1.95. The predicted molar refractivity (Wildman–Crippen MR) is 85.0 cm³/mol. The first-order chi connectivity index (χ1) is 10.3. The van der Waals surface area contributed by atoms with Gasteiger partial charge in [0.2, 0.25) is 0 Å². The molecule has 1 aliphatic carbocycles. The van der Waals surface area contributed by atoms with E-state index in [1.54, 1.807) is 0 Å². The summed E-state index contributed by atoms with van der Waals surface area (Å²) in [5, 5.41) is 3.20. The van der Waals surface area contributed by atoms with Crippen LogP contribution in [0.4, 0.5) is 11.6 Å². The van der Waals surface area contributed by atoms with Gasteiger partial charge in [-0.3, -0.25) is 4.90 Å². The Bertz CT molecular complexity index is 513. The maximum Gasteiger partial charge on any atom is 0.136 e. The Kier molecular flexibility index (Phi) is 3.45. The molecule has 3 fully saturated rings. The van der Waals surface area contributed by atoms with Gasteiger partial charge in [-0.2, -0.15) is 0 Å². The summed E-state index contributed by atoms with van der Waals surface area (Å²) in [5.41, 5.74) is 0. The summed E-state index contributed by atoms with van der Waals surface area (Å²) in [6, 6.07) is 2.85. The van der Waals surface area contributed by atoms with E-state index in [4.69, 9.17) is 4.98 Å². The third-order valence-electron chi connectivity index (χ3n) is 5.06. The third kappa shape index (κ3) is 2.71. The maximum atomic E-state index is 4.88. The molecule has 1 atom stereocenters. The molecule has 5 heteroatoms. The Balaban J connectivity index is 1.60. The molecule has 1 aromatic heterocycles. The number of fused-ring (bicyclic) bond motifs is 1. The Hall–Kier alpha value is -1.36. The van der Waals surface area contributed by atoms with Crippen LogP contribution in [0.5, 0.6) is 0 Å². The van der Waals surface area contributed by atoms with E-state index in [9.17, 15) is 0 Å². The summed E-state index contributed by atoms with van der Waals surface area (Å²) in [6.07, 6.45) is 6.45. The molecule has 0 radical (unpaired) electrons. The standard InChI is InChI=1S/C16H25N5/c1-17-14-10-15(19-16(18-14)12-5-6-12)21-9-3-8-20-7-2-4-13(20)11-21/h10,12-13H,2-9,11H2,1H3,(H,17,18,19). The number of nitrogens with one attached hydrogen (secondary N) is 1. The second-order valence-electron chi connectivity index (χ2n) is 6.63. The number of aromatic nitrogens is 2. The molecule has 1 aromatic rings. The quantitative estimate of drug-likeness (QED) is 0.922. The summed E-state index contributed by atoms with van der Waals surface area (Å²) in [6.45, 7) is 4.79. The zero-order chi connectivity index (χ0) is 14.2. The minimum atomic E-state index is 0.604. The van der Waals surface area contributed by atoms with E-state index >= 15 is 0 Å². The van der Waals surface area contributed by atoms with Crippen molar-refractivity contribution in [2.45, 2.75) is 44.1 Å². The van der Waals surface area contributed by atoms with Crippen molar-refractivity contribution in [2.75, 3.05) is 43.4 Å². The molecular formula is C16H25N5. The van der Waals surface area contributed by atoms with Crippen LogP contribution in [0.25, 0.3) is 0 Å². The van der Waals surface area contributed by atoms with E-state index in [2.05, 4.69) is 26.2 Å². The number of nitrogens with zero attached hydrogens (tertiary/aromatic N) is 4. The lowest BCUT2D eigenvalue weighted by Gasteiger charge is -2.27. The molecule has 0 bridgehead atoms. The van der Waals surface area contributed by atoms with Crippen LogP contribution in [-0.4, -0.2) is 54.1 Å². The summed E-state index contributed by atoms with van der Waals surface area (Å²) >= 11 is 0. The average molecular weight is 287 g/mol. The van der Waals surface area contributed by atoms with Crippen molar-refractivity contribution in [3.63, 3.8) is 0 Å². The Morgan fingerprint density at radius 2 is 1.95 bits per heavy atom. The molecule has 3 heterocycles. The lowest BCUT2D eigenvalue weighted by atomic mass is 10.2. The van der Waals surface area contributed by atoms with Gasteiger partial charge < -0.3 is 10.2 Å². The van der Waals surface area contributed by atoms with Gasteiger partial charge in [0, 0.05) is 44.7 Å². The minimum absolute atomic E-state index is 0.604. The molecule has 1 saturated carbocycles. The minimum Gasteiger partial charge on any atom is -0.373 e. The van der Waals surface area contributed by atoms with Crippen molar-refractivity contribution in [1.82, 2.24) is 14.9 Å². The fraction of sp³-hybridized carbons (Fsp3) is 0.750. The van der Waals surface area contributed by atoms with Crippen LogP contribution in [0.15, 0.2) is 6.07 Å². The van der Waals surface area contributed by atoms with Crippen LogP contribution in [0.1, 0.15) is 43.8 Å². The third-order valence-corrected chi connectivity index (χ3v) is 5.06. The molecule has 2 saturated heterocycles. The van der Waals surface area contributed by atoms with E-state index in [1.807, 2.05) is 7.05 Å². The summed E-state index contributed by atoms with van der Waals surface area (Å²) in [4.78, 5) is 14.7. The van der Waals surface area contributed by atoms with Gasteiger partial charge in [-0.25, -0.2) is 9.97 Å². The second kappa shape index (κ2) is 5.44. The normalized spacial score (nSPS) is 26.5. The number of hydrogen-bond donors (Lipinski definition) is 1.